The molecule has 1 aromatic carbocycles. The molecule has 1 heterocycles. The molecule has 0 saturated carbocycles. The lowest BCUT2D eigenvalue weighted by Gasteiger charge is -2.26. The number of morpholine rings is 1. The number of hydrogen-bond donors (Lipinski definition) is 3. The molecule has 1 aliphatic heterocycles. The van der Waals surface area contributed by atoms with E-state index in [4.69, 9.17) is 17.0 Å². The fourth-order valence-corrected chi connectivity index (χ4v) is 2.93. The third-order valence-corrected chi connectivity index (χ3v) is 4.57. The summed E-state index contributed by atoms with van der Waals surface area (Å²) in [6.07, 6.45) is 1.57. The summed E-state index contributed by atoms with van der Waals surface area (Å²) in [6, 6.07) is 5.59. The number of anilines is 1. The minimum Gasteiger partial charge on any atom is -0.507 e. The second-order valence-corrected chi connectivity index (χ2v) is 6.40. The second-order valence-electron chi connectivity index (χ2n) is 6.00. The number of hydrogen-bond acceptors (Lipinski definition) is 6. The molecule has 0 unspecified atom stereocenters. The standard InChI is InChI=1S/C18H29N5O2S/c1-3-23(4-2)16-6-5-15(17(24)13-16)14-20-21-18(26)19-7-8-22-9-11-25-12-10-22/h5-6,13-14,24H,3-4,7-12H2,1-2H3,(H2,19,21,26). The van der Waals surface area contributed by atoms with Crippen LogP contribution in [0.1, 0.15) is 19.4 Å². The first-order valence-electron chi connectivity index (χ1n) is 9.09. The molecule has 0 aromatic heterocycles. The van der Waals surface area contributed by atoms with Crippen molar-refractivity contribution in [3.8, 4) is 5.75 Å². The minimum absolute atomic E-state index is 0.200. The highest BCUT2D eigenvalue weighted by atomic mass is 32.1. The first-order valence-corrected chi connectivity index (χ1v) is 9.49. The molecule has 3 N–H and O–H groups in total. The molecule has 1 saturated heterocycles. The summed E-state index contributed by atoms with van der Waals surface area (Å²) >= 11 is 5.21. The van der Waals surface area contributed by atoms with E-state index in [1.807, 2.05) is 12.1 Å². The largest absolute Gasteiger partial charge is 0.507 e. The summed E-state index contributed by atoms with van der Waals surface area (Å²) in [5.41, 5.74) is 4.42. The van der Waals surface area contributed by atoms with Crippen molar-refractivity contribution >= 4 is 29.2 Å². The summed E-state index contributed by atoms with van der Waals surface area (Å²) in [4.78, 5) is 4.50. The van der Waals surface area contributed by atoms with Gasteiger partial charge in [-0.15, -0.1) is 0 Å². The molecule has 0 spiro atoms. The highest BCUT2D eigenvalue weighted by molar-refractivity contribution is 7.80. The van der Waals surface area contributed by atoms with Gasteiger partial charge in [-0.2, -0.15) is 5.10 Å². The predicted molar refractivity (Wildman–Crippen MR) is 110 cm³/mol. The van der Waals surface area contributed by atoms with E-state index in [9.17, 15) is 5.11 Å². The molecular weight excluding hydrogens is 350 g/mol. The van der Waals surface area contributed by atoms with Crippen molar-refractivity contribution in [3.05, 3.63) is 23.8 Å². The molecule has 1 aliphatic rings. The number of phenols is 1. The Morgan fingerprint density at radius 3 is 2.73 bits per heavy atom. The summed E-state index contributed by atoms with van der Waals surface area (Å²) < 4.78 is 5.32. The molecule has 1 aromatic rings. The van der Waals surface area contributed by atoms with E-state index in [1.165, 1.54) is 0 Å². The van der Waals surface area contributed by atoms with Gasteiger partial charge in [0.25, 0.3) is 0 Å². The zero-order valence-corrected chi connectivity index (χ0v) is 16.4. The second kappa shape index (κ2) is 10.9. The summed E-state index contributed by atoms with van der Waals surface area (Å²) in [5.74, 6) is 0.200. The van der Waals surface area contributed by atoms with Gasteiger partial charge >= 0.3 is 0 Å². The van der Waals surface area contributed by atoms with Crippen molar-refractivity contribution < 1.29 is 9.84 Å². The van der Waals surface area contributed by atoms with Crippen LogP contribution in [-0.4, -0.2) is 73.8 Å². The van der Waals surface area contributed by atoms with Crippen LogP contribution in [0, 0.1) is 0 Å². The minimum atomic E-state index is 0.200. The van der Waals surface area contributed by atoms with Gasteiger partial charge in [0.15, 0.2) is 5.11 Å². The van der Waals surface area contributed by atoms with Crippen molar-refractivity contribution in [2.45, 2.75) is 13.8 Å². The Morgan fingerprint density at radius 2 is 2.08 bits per heavy atom. The van der Waals surface area contributed by atoms with Crippen LogP contribution in [0.25, 0.3) is 0 Å². The Labute approximate surface area is 161 Å². The van der Waals surface area contributed by atoms with Crippen LogP contribution in [0.4, 0.5) is 5.69 Å². The number of phenolic OH excluding ortho intramolecular Hbond substituents is 1. The average molecular weight is 380 g/mol. The lowest BCUT2D eigenvalue weighted by molar-refractivity contribution is 0.0389. The van der Waals surface area contributed by atoms with Gasteiger partial charge < -0.3 is 20.1 Å². The monoisotopic (exact) mass is 379 g/mol. The molecule has 144 valence electrons. The maximum absolute atomic E-state index is 10.2. The number of ether oxygens (including phenoxy) is 1. The molecule has 7 nitrogen and oxygen atoms in total. The number of hydrazone groups is 1. The topological polar surface area (TPSA) is 72.4 Å². The van der Waals surface area contributed by atoms with Crippen molar-refractivity contribution in [1.29, 1.82) is 0 Å². The van der Waals surface area contributed by atoms with Gasteiger partial charge in [0.2, 0.25) is 0 Å². The zero-order valence-electron chi connectivity index (χ0n) is 15.6. The molecule has 8 heteroatoms. The zero-order chi connectivity index (χ0) is 18.8. The molecule has 26 heavy (non-hydrogen) atoms. The Kier molecular flexibility index (Phi) is 8.60. The van der Waals surface area contributed by atoms with E-state index < -0.39 is 0 Å². The average Bonchev–Trinajstić information content (AvgIpc) is 2.65. The first kappa shape index (κ1) is 20.4. The van der Waals surface area contributed by atoms with Crippen LogP contribution in [-0.2, 0) is 4.74 Å². The Bertz CT molecular complexity index is 601. The van der Waals surface area contributed by atoms with Crippen LogP contribution < -0.4 is 15.6 Å². The van der Waals surface area contributed by atoms with Crippen LogP contribution >= 0.6 is 12.2 Å². The van der Waals surface area contributed by atoms with E-state index in [0.717, 1.165) is 58.2 Å². The van der Waals surface area contributed by atoms with Crippen LogP contribution in [0.2, 0.25) is 0 Å². The summed E-state index contributed by atoms with van der Waals surface area (Å²) in [7, 11) is 0. The first-order chi connectivity index (χ1) is 12.6. The number of nitrogens with one attached hydrogen (secondary N) is 2. The van der Waals surface area contributed by atoms with E-state index in [2.05, 4.69) is 39.5 Å². The highest BCUT2D eigenvalue weighted by Gasteiger charge is 2.09. The van der Waals surface area contributed by atoms with E-state index in [0.29, 0.717) is 10.7 Å². The molecule has 0 bridgehead atoms. The molecule has 0 atom stereocenters. The maximum atomic E-state index is 10.2. The van der Waals surface area contributed by atoms with Crippen molar-refractivity contribution in [2.75, 3.05) is 57.4 Å². The normalized spacial score (nSPS) is 15.2. The third-order valence-electron chi connectivity index (χ3n) is 4.33. The molecule has 0 aliphatic carbocycles. The fraction of sp³-hybridized carbons (Fsp3) is 0.556. The van der Waals surface area contributed by atoms with Crippen molar-refractivity contribution in [1.82, 2.24) is 15.6 Å². The lowest BCUT2D eigenvalue weighted by Crippen LogP contribution is -2.42. The smallest absolute Gasteiger partial charge is 0.187 e. The molecule has 0 amide bonds. The molecule has 0 radical (unpaired) electrons. The third kappa shape index (κ3) is 6.44. The van der Waals surface area contributed by atoms with E-state index in [-0.39, 0.29) is 5.75 Å². The number of aromatic hydroxyl groups is 1. The Morgan fingerprint density at radius 1 is 1.35 bits per heavy atom. The number of nitrogens with zero attached hydrogens (tertiary/aromatic N) is 3. The van der Waals surface area contributed by atoms with Gasteiger partial charge in [0, 0.05) is 56.6 Å². The van der Waals surface area contributed by atoms with Crippen LogP contribution in [0.5, 0.6) is 5.75 Å². The number of thiocarbonyl (C=S) groups is 1. The highest BCUT2D eigenvalue weighted by Crippen LogP contribution is 2.23. The number of benzene rings is 1. The molecule has 2 rings (SSSR count). The van der Waals surface area contributed by atoms with Gasteiger partial charge in [-0.3, -0.25) is 10.3 Å². The Balaban J connectivity index is 1.75. The van der Waals surface area contributed by atoms with Crippen molar-refractivity contribution in [2.24, 2.45) is 5.10 Å². The SMILES string of the molecule is CCN(CC)c1ccc(C=NNC(=S)NCCN2CCOCC2)c(O)c1. The van der Waals surface area contributed by atoms with Crippen LogP contribution in [0.15, 0.2) is 23.3 Å². The van der Waals surface area contributed by atoms with E-state index in [1.54, 1.807) is 12.3 Å². The maximum Gasteiger partial charge on any atom is 0.187 e. The van der Waals surface area contributed by atoms with Gasteiger partial charge in [0.05, 0.1) is 19.4 Å². The van der Waals surface area contributed by atoms with Crippen LogP contribution in [0.3, 0.4) is 0 Å². The summed E-state index contributed by atoms with van der Waals surface area (Å²) in [5, 5.41) is 17.9. The predicted octanol–water partition coefficient (Wildman–Crippen LogP) is 1.37. The quantitative estimate of drug-likeness (QED) is 0.358. The van der Waals surface area contributed by atoms with Gasteiger partial charge in [-0.1, -0.05) is 0 Å². The fourth-order valence-electron chi connectivity index (χ4n) is 2.78. The van der Waals surface area contributed by atoms with Gasteiger partial charge in [-0.05, 0) is 38.2 Å². The van der Waals surface area contributed by atoms with Gasteiger partial charge in [-0.25, -0.2) is 0 Å². The lowest BCUT2D eigenvalue weighted by atomic mass is 10.2. The van der Waals surface area contributed by atoms with Crippen molar-refractivity contribution in [3.63, 3.8) is 0 Å². The molecule has 1 fully saturated rings. The van der Waals surface area contributed by atoms with Gasteiger partial charge in [0.1, 0.15) is 5.75 Å². The molecular formula is C18H29N5O2S. The van der Waals surface area contributed by atoms with E-state index >= 15 is 0 Å². The summed E-state index contributed by atoms with van der Waals surface area (Å²) in [6.45, 7) is 11.2. The Hall–Kier alpha value is -1.90. The number of rotatable bonds is 8.